The number of carbonyl (C=O) groups is 3. The molecule has 0 spiro atoms. The highest BCUT2D eigenvalue weighted by molar-refractivity contribution is 6.10. The molecule has 184 valence electrons. The first-order valence-corrected chi connectivity index (χ1v) is 11.1. The van der Waals surface area contributed by atoms with E-state index in [2.05, 4.69) is 15.6 Å². The van der Waals surface area contributed by atoms with E-state index in [-0.39, 0.29) is 30.7 Å². The van der Waals surface area contributed by atoms with Gasteiger partial charge in [-0.15, -0.1) is 0 Å². The average molecular weight is 489 g/mol. The number of benzene rings is 1. The molecule has 6 N–H and O–H groups in total. The van der Waals surface area contributed by atoms with Gasteiger partial charge in [0.1, 0.15) is 12.4 Å². The summed E-state index contributed by atoms with van der Waals surface area (Å²) in [6, 6.07) is 9.34. The zero-order chi connectivity index (χ0) is 25.4. The van der Waals surface area contributed by atoms with Crippen LogP contribution in [0.3, 0.4) is 0 Å². The van der Waals surface area contributed by atoms with Gasteiger partial charge < -0.3 is 25.8 Å². The van der Waals surface area contributed by atoms with Gasteiger partial charge in [-0.2, -0.15) is 0 Å². The van der Waals surface area contributed by atoms with E-state index in [9.17, 15) is 14.4 Å². The fourth-order valence-corrected chi connectivity index (χ4v) is 4.29. The highest BCUT2D eigenvalue weighted by atomic mass is 16.4. The maximum atomic E-state index is 13.4. The number of hydrogen-bond donors (Lipinski definition) is 4. The van der Waals surface area contributed by atoms with Crippen molar-refractivity contribution in [1.82, 2.24) is 24.9 Å². The van der Waals surface area contributed by atoms with Crippen LogP contribution in [-0.2, 0) is 11.3 Å². The lowest BCUT2D eigenvalue weighted by atomic mass is 10.0. The molecule has 2 aliphatic heterocycles. The molecule has 2 amide bonds. The maximum absolute atomic E-state index is 13.4. The lowest BCUT2D eigenvalue weighted by Gasteiger charge is -2.27. The van der Waals surface area contributed by atoms with E-state index in [1.165, 1.54) is 29.0 Å². The van der Waals surface area contributed by atoms with Crippen molar-refractivity contribution in [2.45, 2.75) is 19.6 Å². The molecular weight excluding hydrogens is 464 g/mol. The Balaban J connectivity index is 1.62. The van der Waals surface area contributed by atoms with Crippen LogP contribution in [0, 0.1) is 0 Å². The molecule has 0 bridgehead atoms. The van der Waals surface area contributed by atoms with Gasteiger partial charge in [0.15, 0.2) is 5.78 Å². The molecule has 1 unspecified atom stereocenters. The number of nitrogen functional groups attached to an aromatic ring is 1. The molecule has 5 rings (SSSR count). The molecule has 36 heavy (non-hydrogen) atoms. The van der Waals surface area contributed by atoms with Gasteiger partial charge in [0.25, 0.3) is 5.89 Å². The van der Waals surface area contributed by atoms with Crippen LogP contribution in [0.2, 0.25) is 0 Å². The zero-order valence-corrected chi connectivity index (χ0v) is 19.3. The number of nitrogens with two attached hydrogens (primary N) is 2. The van der Waals surface area contributed by atoms with Crippen molar-refractivity contribution in [3.63, 3.8) is 0 Å². The number of anilines is 2. The normalized spacial score (nSPS) is 16.7. The van der Waals surface area contributed by atoms with Crippen LogP contribution < -0.4 is 22.3 Å². The number of carbonyl (C=O) groups excluding carboxylic acids is 3. The summed E-state index contributed by atoms with van der Waals surface area (Å²) >= 11 is 0. The smallest absolute Gasteiger partial charge is 0.310 e. The van der Waals surface area contributed by atoms with Gasteiger partial charge in [-0.25, -0.2) is 10.8 Å². The van der Waals surface area contributed by atoms with E-state index in [0.29, 0.717) is 28.2 Å². The first kappa shape index (κ1) is 22.9. The van der Waals surface area contributed by atoms with Crippen LogP contribution >= 0.6 is 0 Å². The number of para-hydroxylation sites is 1. The van der Waals surface area contributed by atoms with Crippen LogP contribution in [0.5, 0.6) is 0 Å². The van der Waals surface area contributed by atoms with Crippen molar-refractivity contribution < 1.29 is 18.8 Å². The Morgan fingerprint density at radius 1 is 1.25 bits per heavy atom. The van der Waals surface area contributed by atoms with E-state index >= 15 is 0 Å². The number of hydrazine groups is 1. The Bertz CT molecular complexity index is 1390. The third-order valence-electron chi connectivity index (χ3n) is 6.01. The number of nitrogens with one attached hydrogen (secondary N) is 2. The largest absolute Gasteiger partial charge is 0.441 e. The molecule has 2 aromatic heterocycles. The van der Waals surface area contributed by atoms with Gasteiger partial charge in [0.2, 0.25) is 5.91 Å². The number of amides is 2. The Morgan fingerprint density at radius 2 is 2.03 bits per heavy atom. The number of fused-ring (bicyclic) bond motifs is 1. The number of dihydropyridines is 1. The molecule has 0 saturated heterocycles. The number of Topliss-reactive ketones (excluding diaryl/α,β-unsaturated/α-hetero) is 1. The molecule has 0 fully saturated rings. The Morgan fingerprint density at radius 3 is 2.72 bits per heavy atom. The van der Waals surface area contributed by atoms with Gasteiger partial charge in [-0.3, -0.25) is 24.1 Å². The summed E-state index contributed by atoms with van der Waals surface area (Å²) in [5.74, 6) is 11.3. The number of aromatic nitrogens is 2. The number of oxazole rings is 1. The molecule has 0 saturated carbocycles. The SMILES string of the molecule is CC(=O)N(N)C1C=C(c2c(Nc3ccccc3)c3c(n2N)CN(C(=O)c2ncco2)CC3=O)C=CN1. The van der Waals surface area contributed by atoms with Gasteiger partial charge in [-0.05, 0) is 30.5 Å². The van der Waals surface area contributed by atoms with Crippen molar-refractivity contribution in [3.05, 3.63) is 84.0 Å². The average Bonchev–Trinajstić information content (AvgIpc) is 3.51. The molecule has 12 heteroatoms. The van der Waals surface area contributed by atoms with Gasteiger partial charge >= 0.3 is 5.91 Å². The standard InChI is InChI=1S/C24H24N8O4/c1-14(33)31(25)19-11-15(7-8-27-19)22-21(29-16-5-3-2-4-6-16)20-17(32(22)26)12-30(13-18(20)34)24(35)23-28-9-10-36-23/h2-11,19,27,29H,12-13,25-26H2,1H3. The summed E-state index contributed by atoms with van der Waals surface area (Å²) < 4.78 is 6.51. The minimum atomic E-state index is -0.627. The molecule has 2 aliphatic rings. The number of rotatable bonds is 5. The predicted molar refractivity (Wildman–Crippen MR) is 131 cm³/mol. The lowest BCUT2D eigenvalue weighted by Crippen LogP contribution is -2.50. The van der Waals surface area contributed by atoms with Crippen LogP contribution in [0.1, 0.15) is 39.4 Å². The van der Waals surface area contributed by atoms with Crippen molar-refractivity contribution in [2.75, 3.05) is 17.7 Å². The van der Waals surface area contributed by atoms with E-state index in [1.807, 2.05) is 30.3 Å². The first-order valence-electron chi connectivity index (χ1n) is 11.1. The van der Waals surface area contributed by atoms with Crippen LogP contribution in [0.4, 0.5) is 11.4 Å². The van der Waals surface area contributed by atoms with Crippen molar-refractivity contribution in [1.29, 1.82) is 0 Å². The third kappa shape index (κ3) is 3.99. The van der Waals surface area contributed by atoms with Crippen molar-refractivity contribution in [3.8, 4) is 0 Å². The Kier molecular flexibility index (Phi) is 5.78. The molecule has 3 aromatic rings. The highest BCUT2D eigenvalue weighted by Gasteiger charge is 2.37. The van der Waals surface area contributed by atoms with Crippen LogP contribution in [0.25, 0.3) is 5.57 Å². The summed E-state index contributed by atoms with van der Waals surface area (Å²) in [6.07, 6.45) is 7.19. The van der Waals surface area contributed by atoms with E-state index in [1.54, 1.807) is 18.4 Å². The highest BCUT2D eigenvalue weighted by Crippen LogP contribution is 2.38. The topological polar surface area (TPSA) is 165 Å². The summed E-state index contributed by atoms with van der Waals surface area (Å²) in [6.45, 7) is 1.26. The number of hydrogen-bond acceptors (Lipinski definition) is 9. The Labute approximate surface area is 205 Å². The van der Waals surface area contributed by atoms with Crippen LogP contribution in [-0.4, -0.2) is 49.9 Å². The second-order valence-corrected chi connectivity index (χ2v) is 8.32. The van der Waals surface area contributed by atoms with Gasteiger partial charge in [0.05, 0.1) is 41.9 Å². The third-order valence-corrected chi connectivity index (χ3v) is 6.01. The molecule has 4 heterocycles. The van der Waals surface area contributed by atoms with E-state index in [4.69, 9.17) is 16.1 Å². The first-order chi connectivity index (χ1) is 17.3. The lowest BCUT2D eigenvalue weighted by molar-refractivity contribution is -0.130. The molecule has 12 nitrogen and oxygen atoms in total. The predicted octanol–water partition coefficient (Wildman–Crippen LogP) is 1.32. The Hall–Kier alpha value is -4.84. The fourth-order valence-electron chi connectivity index (χ4n) is 4.29. The molecule has 1 aromatic carbocycles. The zero-order valence-electron chi connectivity index (χ0n) is 19.3. The molecular formula is C24H24N8O4. The minimum Gasteiger partial charge on any atom is -0.441 e. The maximum Gasteiger partial charge on any atom is 0.310 e. The van der Waals surface area contributed by atoms with E-state index in [0.717, 1.165) is 10.7 Å². The minimum absolute atomic E-state index is 0.0669. The van der Waals surface area contributed by atoms with E-state index < -0.39 is 12.1 Å². The quantitative estimate of drug-likeness (QED) is 0.235. The summed E-state index contributed by atoms with van der Waals surface area (Å²) in [7, 11) is 0. The summed E-state index contributed by atoms with van der Waals surface area (Å²) in [5.41, 5.74) is 3.20. The monoisotopic (exact) mass is 488 g/mol. The van der Waals surface area contributed by atoms with Crippen LogP contribution in [0.15, 0.2) is 65.6 Å². The fraction of sp³-hybridized carbons (Fsp3) is 0.167. The molecule has 0 aliphatic carbocycles. The van der Waals surface area contributed by atoms with Gasteiger partial charge in [0, 0.05) is 18.2 Å². The number of ketones is 1. The number of allylic oxidation sites excluding steroid dienone is 2. The molecule has 0 radical (unpaired) electrons. The van der Waals surface area contributed by atoms with Crippen molar-refractivity contribution in [2.24, 2.45) is 5.84 Å². The molecule has 1 atom stereocenters. The second-order valence-electron chi connectivity index (χ2n) is 8.32. The number of nitrogens with zero attached hydrogens (tertiary/aromatic N) is 4. The van der Waals surface area contributed by atoms with Crippen molar-refractivity contribution >= 4 is 34.5 Å². The second kappa shape index (κ2) is 9.07. The summed E-state index contributed by atoms with van der Waals surface area (Å²) in [4.78, 5) is 43.3. The summed E-state index contributed by atoms with van der Waals surface area (Å²) in [5, 5.41) is 7.39. The van der Waals surface area contributed by atoms with Gasteiger partial charge in [-0.1, -0.05) is 18.2 Å².